The van der Waals surface area contributed by atoms with Crippen molar-refractivity contribution in [1.29, 1.82) is 0 Å². The second-order valence-electron chi connectivity index (χ2n) is 13.4. The Bertz CT molecular complexity index is 1500. The van der Waals surface area contributed by atoms with Crippen molar-refractivity contribution < 1.29 is 23.7 Å². The number of hydrogen-bond donors (Lipinski definition) is 0. The average molecular weight is 614 g/mol. The lowest BCUT2D eigenvalue weighted by Gasteiger charge is -2.29. The topological polar surface area (TPSA) is 75.0 Å². The van der Waals surface area contributed by atoms with E-state index in [1.165, 1.54) is 42.2 Å². The van der Waals surface area contributed by atoms with Crippen molar-refractivity contribution in [1.82, 2.24) is 14.7 Å². The number of aryl methyl sites for hydroxylation is 1. The highest BCUT2D eigenvalue weighted by atomic mass is 16.5. The molecule has 2 aromatic carbocycles. The van der Waals surface area contributed by atoms with Gasteiger partial charge >= 0.3 is 5.97 Å². The third kappa shape index (κ3) is 6.36. The van der Waals surface area contributed by atoms with Gasteiger partial charge in [0.1, 0.15) is 23.8 Å². The highest BCUT2D eigenvalue weighted by molar-refractivity contribution is 5.73. The quantitative estimate of drug-likeness (QED) is 0.224. The first kappa shape index (κ1) is 30.3. The number of aromatic nitrogens is 2. The Hall–Kier alpha value is -3.36. The van der Waals surface area contributed by atoms with Gasteiger partial charge in [0.2, 0.25) is 0 Å². The van der Waals surface area contributed by atoms with Crippen LogP contribution in [0.2, 0.25) is 0 Å². The molecule has 7 rings (SSSR count). The first-order chi connectivity index (χ1) is 22.0. The number of rotatable bonds is 10. The number of methoxy groups -OCH3 is 2. The van der Waals surface area contributed by atoms with E-state index in [-0.39, 0.29) is 30.1 Å². The second kappa shape index (κ2) is 13.2. The number of benzene rings is 2. The zero-order valence-electron chi connectivity index (χ0n) is 27.0. The van der Waals surface area contributed by atoms with Crippen LogP contribution in [-0.2, 0) is 27.2 Å². The van der Waals surface area contributed by atoms with Gasteiger partial charge in [0.15, 0.2) is 5.75 Å². The van der Waals surface area contributed by atoms with E-state index in [1.54, 1.807) is 7.11 Å². The summed E-state index contributed by atoms with van der Waals surface area (Å²) in [6.07, 6.45) is 11.8. The van der Waals surface area contributed by atoms with E-state index in [0.29, 0.717) is 5.92 Å². The van der Waals surface area contributed by atoms with Gasteiger partial charge in [-0.2, -0.15) is 5.10 Å². The fourth-order valence-corrected chi connectivity index (χ4v) is 7.73. The monoisotopic (exact) mass is 613 g/mol. The van der Waals surface area contributed by atoms with Crippen molar-refractivity contribution >= 4 is 5.97 Å². The van der Waals surface area contributed by atoms with Crippen LogP contribution in [0, 0.1) is 11.8 Å². The molecule has 0 N–H and O–H groups in total. The number of likely N-dealkylation sites (tertiary alicyclic amines) is 1. The molecule has 45 heavy (non-hydrogen) atoms. The van der Waals surface area contributed by atoms with Crippen molar-refractivity contribution in [2.24, 2.45) is 11.8 Å². The molecule has 4 heterocycles. The highest BCUT2D eigenvalue weighted by Gasteiger charge is 2.39. The summed E-state index contributed by atoms with van der Waals surface area (Å²) in [5.41, 5.74) is 6.86. The molecule has 240 valence electrons. The van der Waals surface area contributed by atoms with Crippen LogP contribution in [0.1, 0.15) is 98.8 Å². The van der Waals surface area contributed by atoms with E-state index in [1.807, 2.05) is 17.8 Å². The zero-order valence-corrected chi connectivity index (χ0v) is 27.0. The van der Waals surface area contributed by atoms with Gasteiger partial charge in [-0.05, 0) is 111 Å². The third-order valence-electron chi connectivity index (χ3n) is 10.4. The molecule has 3 aromatic rings. The third-order valence-corrected chi connectivity index (χ3v) is 10.4. The van der Waals surface area contributed by atoms with E-state index in [9.17, 15) is 4.79 Å². The Morgan fingerprint density at radius 3 is 2.60 bits per heavy atom. The summed E-state index contributed by atoms with van der Waals surface area (Å²) in [5.74, 6) is 2.10. The summed E-state index contributed by atoms with van der Waals surface area (Å²) >= 11 is 0. The van der Waals surface area contributed by atoms with Crippen LogP contribution in [0.5, 0.6) is 11.5 Å². The normalized spacial score (nSPS) is 23.2. The molecule has 1 saturated carbocycles. The fraction of sp³-hybridized carbons (Fsp3) is 0.568. The minimum Gasteiger partial charge on any atom is -0.493 e. The van der Waals surface area contributed by atoms with Crippen molar-refractivity contribution in [2.45, 2.75) is 89.5 Å². The molecular formula is C37H47N3O5. The molecule has 1 unspecified atom stereocenters. The van der Waals surface area contributed by atoms with Crippen LogP contribution >= 0.6 is 0 Å². The van der Waals surface area contributed by atoms with Crippen molar-refractivity contribution in [2.75, 3.05) is 33.9 Å². The van der Waals surface area contributed by atoms with Gasteiger partial charge < -0.3 is 18.9 Å². The van der Waals surface area contributed by atoms with Crippen LogP contribution in [0.4, 0.5) is 0 Å². The number of carbonyl (C=O) groups is 1. The number of carbonyl (C=O) groups excluding carboxylic acids is 1. The fourth-order valence-electron chi connectivity index (χ4n) is 7.73. The largest absolute Gasteiger partial charge is 0.493 e. The molecule has 0 radical (unpaired) electrons. The molecule has 0 bridgehead atoms. The first-order valence-electron chi connectivity index (χ1n) is 17.0. The lowest BCUT2D eigenvalue weighted by atomic mass is 9.82. The smallest absolute Gasteiger partial charge is 0.309 e. The molecule has 1 aromatic heterocycles. The summed E-state index contributed by atoms with van der Waals surface area (Å²) < 4.78 is 25.8. The Labute approximate surface area is 267 Å². The van der Waals surface area contributed by atoms with Crippen molar-refractivity contribution in [3.8, 4) is 22.8 Å². The van der Waals surface area contributed by atoms with Crippen molar-refractivity contribution in [3.05, 3.63) is 64.8 Å². The van der Waals surface area contributed by atoms with E-state index in [2.05, 4.69) is 41.3 Å². The van der Waals surface area contributed by atoms with Crippen LogP contribution in [0.25, 0.3) is 11.3 Å². The molecule has 8 heteroatoms. The maximum absolute atomic E-state index is 12.5. The summed E-state index contributed by atoms with van der Waals surface area (Å²) in [5, 5.41) is 5.04. The van der Waals surface area contributed by atoms with Gasteiger partial charge in [-0.1, -0.05) is 37.3 Å². The number of ether oxygens (including phenoxy) is 4. The molecule has 2 saturated heterocycles. The molecule has 4 atom stereocenters. The molecule has 3 aliphatic heterocycles. The highest BCUT2D eigenvalue weighted by Crippen LogP contribution is 2.48. The van der Waals surface area contributed by atoms with Crippen molar-refractivity contribution in [3.63, 3.8) is 0 Å². The second-order valence-corrected chi connectivity index (χ2v) is 13.4. The van der Waals surface area contributed by atoms with E-state index >= 15 is 0 Å². The molecule has 4 aliphatic rings. The van der Waals surface area contributed by atoms with Gasteiger partial charge in [-0.15, -0.1) is 0 Å². The van der Waals surface area contributed by atoms with Gasteiger partial charge in [0, 0.05) is 18.7 Å². The maximum Gasteiger partial charge on any atom is 0.309 e. The molecule has 0 amide bonds. The molecule has 0 spiro atoms. The molecule has 3 fully saturated rings. The minimum atomic E-state index is -0.175. The molecular weight excluding hydrogens is 566 g/mol. The van der Waals surface area contributed by atoms with E-state index < -0.39 is 0 Å². The van der Waals surface area contributed by atoms with Gasteiger partial charge in [-0.3, -0.25) is 9.69 Å². The number of nitrogens with zero attached hydrogens (tertiary/aromatic N) is 3. The Kier molecular flexibility index (Phi) is 8.87. The van der Waals surface area contributed by atoms with Gasteiger partial charge in [0.25, 0.3) is 0 Å². The van der Waals surface area contributed by atoms with E-state index in [4.69, 9.17) is 24.0 Å². The summed E-state index contributed by atoms with van der Waals surface area (Å²) in [4.78, 5) is 15.1. The standard InChI is InChI=1S/C37H47N3O5/c1-24(37(41)43-3)35(26-10-11-26)28-12-9-25-14-16-31(45-32(25)21-28)27-13-15-30(29(20-27)22-39-17-5-6-18-39)36-33(42-2)23-40(38-36)34-8-4-7-19-44-34/h9,12-13,15,20-21,23-24,26,31,34-35H,4-8,10-11,14,16-19,22H2,1-3H3/t24-,31-,34?,35-/m0/s1. The van der Waals surface area contributed by atoms with Crippen LogP contribution < -0.4 is 9.47 Å². The van der Waals surface area contributed by atoms with Crippen LogP contribution in [-0.4, -0.2) is 54.6 Å². The number of fused-ring (bicyclic) bond motifs is 1. The Morgan fingerprint density at radius 2 is 1.87 bits per heavy atom. The Morgan fingerprint density at radius 1 is 1.02 bits per heavy atom. The average Bonchev–Trinajstić information content (AvgIpc) is 3.59. The molecule has 8 nitrogen and oxygen atoms in total. The number of hydrogen-bond acceptors (Lipinski definition) is 7. The first-order valence-corrected chi connectivity index (χ1v) is 17.0. The molecule has 1 aliphatic carbocycles. The van der Waals surface area contributed by atoms with Gasteiger partial charge in [-0.25, -0.2) is 4.68 Å². The number of esters is 1. The van der Waals surface area contributed by atoms with E-state index in [0.717, 1.165) is 93.9 Å². The predicted octanol–water partition coefficient (Wildman–Crippen LogP) is 7.22. The van der Waals surface area contributed by atoms with Gasteiger partial charge in [0.05, 0.1) is 26.3 Å². The van der Waals surface area contributed by atoms with Crippen LogP contribution in [0.3, 0.4) is 0 Å². The van der Waals surface area contributed by atoms with Crippen LogP contribution in [0.15, 0.2) is 42.6 Å². The lowest BCUT2D eigenvalue weighted by molar-refractivity contribution is -0.145. The minimum absolute atomic E-state index is 0.0355. The lowest BCUT2D eigenvalue weighted by Crippen LogP contribution is -2.23. The SMILES string of the molecule is COC(=O)[C@@H](C)[C@H](c1ccc2c(c1)O[C@H](c1ccc(-c3nn(C4CCCCO4)cc3OC)c(CN3CCCC3)c1)CC2)C1CC1. The zero-order chi connectivity index (χ0) is 30.9. The summed E-state index contributed by atoms with van der Waals surface area (Å²) in [6, 6.07) is 13.4. The summed E-state index contributed by atoms with van der Waals surface area (Å²) in [6.45, 7) is 5.89. The Balaban J connectivity index is 1.18. The maximum atomic E-state index is 12.5. The summed E-state index contributed by atoms with van der Waals surface area (Å²) in [7, 11) is 3.21. The predicted molar refractivity (Wildman–Crippen MR) is 172 cm³/mol.